The van der Waals surface area contributed by atoms with E-state index >= 15 is 0 Å². The van der Waals surface area contributed by atoms with E-state index in [1.165, 1.54) is 128 Å². The van der Waals surface area contributed by atoms with Gasteiger partial charge < -0.3 is 54.3 Å². The van der Waals surface area contributed by atoms with E-state index in [0.717, 1.165) is 77.5 Å². The van der Waals surface area contributed by atoms with Crippen molar-refractivity contribution in [1.82, 2.24) is 9.80 Å². The van der Waals surface area contributed by atoms with Crippen molar-refractivity contribution in [1.29, 1.82) is 0 Å². The predicted octanol–water partition coefficient (Wildman–Crippen LogP) is 7.31. The number of aliphatic hydroxyl groups is 6. The van der Waals surface area contributed by atoms with Crippen LogP contribution < -0.4 is 0 Å². The quantitative estimate of drug-likeness (QED) is 0.0262. The molecule has 2 aliphatic rings. The van der Waals surface area contributed by atoms with Gasteiger partial charge in [0.25, 0.3) is 0 Å². The van der Waals surface area contributed by atoms with E-state index in [-0.39, 0.29) is 13.1 Å². The smallest absolute Gasteiger partial charge is 0.320 e. The zero-order chi connectivity index (χ0) is 49.1. The van der Waals surface area contributed by atoms with Gasteiger partial charge in [-0.2, -0.15) is 0 Å². The van der Waals surface area contributed by atoms with Crippen LogP contribution in [0.15, 0.2) is 0 Å². The minimum absolute atomic E-state index is 0.0598. The maximum absolute atomic E-state index is 13.2. The second kappa shape index (κ2) is 39.2. The second-order valence-corrected chi connectivity index (χ2v) is 19.6. The van der Waals surface area contributed by atoms with Gasteiger partial charge in [-0.25, -0.2) is 0 Å². The Labute approximate surface area is 406 Å². The Kier molecular flexibility index (Phi) is 36.0. The lowest BCUT2D eigenvalue weighted by Gasteiger charge is -2.44. The fraction of sp³-hybridized carbons (Fsp3) is 0.962. The van der Waals surface area contributed by atoms with Crippen molar-refractivity contribution in [2.45, 2.75) is 269 Å². The zero-order valence-corrected chi connectivity index (χ0v) is 42.7. The Balaban J connectivity index is 1.96. The predicted molar refractivity (Wildman–Crippen MR) is 261 cm³/mol. The first kappa shape index (κ1) is 61.6. The van der Waals surface area contributed by atoms with Crippen LogP contribution >= 0.6 is 0 Å². The number of rotatable bonds is 42. The summed E-state index contributed by atoms with van der Waals surface area (Å²) in [7, 11) is 0. The van der Waals surface area contributed by atoms with Crippen molar-refractivity contribution in [2.24, 2.45) is 0 Å². The third-order valence-electron chi connectivity index (χ3n) is 13.4. The fourth-order valence-corrected chi connectivity index (χ4v) is 8.98. The highest BCUT2D eigenvalue weighted by atomic mass is 16.8. The number of carbonyl (C=O) groups is 2. The highest BCUT2D eigenvalue weighted by Crippen LogP contribution is 2.29. The van der Waals surface area contributed by atoms with Crippen molar-refractivity contribution in [3.05, 3.63) is 0 Å². The molecule has 67 heavy (non-hydrogen) atoms. The Bertz CT molecular complexity index is 1080. The number of carbonyl (C=O) groups excluding carboxylic acids is 2. The van der Waals surface area contributed by atoms with Gasteiger partial charge in [0.05, 0.1) is 13.1 Å². The number of ether oxygens (including phenoxy) is 5. The number of aliphatic hydroxyl groups excluding tert-OH is 6. The molecule has 15 nitrogen and oxygen atoms in total. The summed E-state index contributed by atoms with van der Waals surface area (Å²) in [6, 6.07) is 0. The summed E-state index contributed by atoms with van der Waals surface area (Å²) in [6.45, 7) is 11.1. The molecule has 2 heterocycles. The summed E-state index contributed by atoms with van der Waals surface area (Å²) in [5.74, 6) is -1.03. The molecule has 10 atom stereocenters. The van der Waals surface area contributed by atoms with Gasteiger partial charge in [-0.3, -0.25) is 19.4 Å². The SMILES string of the molecule is CCCCCCCCCN(CCCCCCCCC)CC(=O)OC[C@H]1O[C@H](O[C@H]2O[C@H](COC(=O)CN(CCCCCCCCC)CCCCCCCCC)[C@@H](O)[C@H](O)[C@H]2O)[C@H](O)[C@@H](O)[C@@H]1O. The molecule has 0 bridgehead atoms. The molecule has 0 radical (unpaired) electrons. The molecule has 396 valence electrons. The van der Waals surface area contributed by atoms with E-state index in [1.807, 2.05) is 0 Å². The molecule has 6 N–H and O–H groups in total. The maximum atomic E-state index is 13.2. The average Bonchev–Trinajstić information content (AvgIpc) is 3.31. The molecule has 15 heteroatoms. The van der Waals surface area contributed by atoms with Gasteiger partial charge in [0.15, 0.2) is 12.6 Å². The van der Waals surface area contributed by atoms with Crippen LogP contribution in [0.3, 0.4) is 0 Å². The van der Waals surface area contributed by atoms with E-state index in [1.54, 1.807) is 0 Å². The van der Waals surface area contributed by atoms with Crippen molar-refractivity contribution in [3.63, 3.8) is 0 Å². The van der Waals surface area contributed by atoms with Gasteiger partial charge >= 0.3 is 11.9 Å². The summed E-state index contributed by atoms with van der Waals surface area (Å²) < 4.78 is 28.5. The summed E-state index contributed by atoms with van der Waals surface area (Å²) >= 11 is 0. The molecule has 0 saturated carbocycles. The van der Waals surface area contributed by atoms with Gasteiger partial charge in [0.2, 0.25) is 0 Å². The molecule has 2 fully saturated rings. The van der Waals surface area contributed by atoms with Crippen LogP contribution in [0.5, 0.6) is 0 Å². The molecular weight excluding hydrogens is 861 g/mol. The fourth-order valence-electron chi connectivity index (χ4n) is 8.98. The number of unbranched alkanes of at least 4 members (excludes halogenated alkanes) is 24. The molecule has 0 unspecified atom stereocenters. The molecule has 0 aromatic heterocycles. The lowest BCUT2D eigenvalue weighted by molar-refractivity contribution is -0.376. The molecule has 0 aliphatic carbocycles. The monoisotopic (exact) mass is 961 g/mol. The largest absolute Gasteiger partial charge is 0.462 e. The van der Waals surface area contributed by atoms with Crippen LogP contribution in [0.1, 0.15) is 207 Å². The Hall–Kier alpha value is -1.50. The van der Waals surface area contributed by atoms with Gasteiger partial charge in [-0.15, -0.1) is 0 Å². The minimum atomic E-state index is -1.82. The van der Waals surface area contributed by atoms with Gasteiger partial charge in [0.1, 0.15) is 62.0 Å². The zero-order valence-electron chi connectivity index (χ0n) is 42.7. The highest BCUT2D eigenvalue weighted by molar-refractivity contribution is 5.72. The average molecular weight is 961 g/mol. The normalized spacial score (nSPS) is 25.6. The summed E-state index contributed by atoms with van der Waals surface area (Å²) in [5.41, 5.74) is 0. The molecule has 2 saturated heterocycles. The van der Waals surface area contributed by atoms with Gasteiger partial charge in [-0.1, -0.05) is 182 Å². The number of hydrogen-bond acceptors (Lipinski definition) is 15. The van der Waals surface area contributed by atoms with E-state index in [0.29, 0.717) is 0 Å². The molecule has 0 aromatic carbocycles. The number of nitrogens with zero attached hydrogens (tertiary/aromatic N) is 2. The van der Waals surface area contributed by atoms with E-state index in [9.17, 15) is 40.2 Å². The summed E-state index contributed by atoms with van der Waals surface area (Å²) in [5, 5.41) is 65.0. The lowest BCUT2D eigenvalue weighted by atomic mass is 9.98. The number of esters is 2. The van der Waals surface area contributed by atoms with Crippen LogP contribution in [-0.4, -0.2) is 166 Å². The lowest BCUT2D eigenvalue weighted by Crippen LogP contribution is -2.64. The molecule has 2 aliphatic heterocycles. The van der Waals surface area contributed by atoms with Crippen molar-refractivity contribution in [2.75, 3.05) is 52.5 Å². The molecule has 0 amide bonds. The second-order valence-electron chi connectivity index (χ2n) is 19.6. The van der Waals surface area contributed by atoms with Crippen molar-refractivity contribution >= 4 is 11.9 Å². The Morgan fingerprint density at radius 2 is 0.627 bits per heavy atom. The first-order valence-electron chi connectivity index (χ1n) is 27.3. The van der Waals surface area contributed by atoms with E-state index in [2.05, 4.69) is 37.5 Å². The third kappa shape index (κ3) is 27.1. The summed E-state index contributed by atoms with van der Waals surface area (Å²) in [4.78, 5) is 30.6. The Morgan fingerprint density at radius 3 is 0.896 bits per heavy atom. The highest BCUT2D eigenvalue weighted by Gasteiger charge is 2.50. The van der Waals surface area contributed by atoms with Crippen molar-refractivity contribution < 1.29 is 63.9 Å². The van der Waals surface area contributed by atoms with E-state index in [4.69, 9.17) is 23.7 Å². The van der Waals surface area contributed by atoms with Crippen LogP contribution in [0.25, 0.3) is 0 Å². The van der Waals surface area contributed by atoms with E-state index < -0.39 is 86.6 Å². The van der Waals surface area contributed by atoms with Crippen molar-refractivity contribution in [3.8, 4) is 0 Å². The molecule has 0 spiro atoms. The number of hydrogen-bond donors (Lipinski definition) is 6. The first-order chi connectivity index (χ1) is 32.5. The van der Waals surface area contributed by atoms with Gasteiger partial charge in [0, 0.05) is 0 Å². The third-order valence-corrected chi connectivity index (χ3v) is 13.4. The molecular formula is C52H100N2O13. The molecule has 2 rings (SSSR count). The minimum Gasteiger partial charge on any atom is -0.462 e. The van der Waals surface area contributed by atoms with Crippen LogP contribution in [0.2, 0.25) is 0 Å². The van der Waals surface area contributed by atoms with Crippen LogP contribution in [-0.2, 0) is 33.3 Å². The van der Waals surface area contributed by atoms with Gasteiger partial charge in [-0.05, 0) is 51.9 Å². The topological polar surface area (TPSA) is 208 Å². The first-order valence-corrected chi connectivity index (χ1v) is 27.3. The standard InChI is InChI=1S/C52H100N2O13/c1-5-9-13-17-21-25-29-33-53(34-30-26-22-18-14-10-6-2)37-43(55)63-39-41-45(57)47(59)49(61)51(65-41)67-52-50(62)48(60)46(58)42(66-52)40-64-44(56)38-54(35-31-27-23-19-15-11-7-3)36-32-28-24-20-16-12-8-4/h41-42,45-52,57-62H,5-40H2,1-4H3/t41-,42-,45-,46-,47+,48+,49-,50-,51-,52-/m1/s1. The molecule has 0 aromatic rings. The van der Waals surface area contributed by atoms with Crippen LogP contribution in [0.4, 0.5) is 0 Å². The summed E-state index contributed by atoms with van der Waals surface area (Å²) in [6.07, 6.45) is 16.0. The maximum Gasteiger partial charge on any atom is 0.320 e. The van der Waals surface area contributed by atoms with Crippen LogP contribution in [0, 0.1) is 0 Å². The Morgan fingerprint density at radius 1 is 0.373 bits per heavy atom.